The van der Waals surface area contributed by atoms with Crippen molar-refractivity contribution in [1.82, 2.24) is 0 Å². The number of nitrogen functional groups attached to an aromatic ring is 1. The average molecular weight is 353 g/mol. The van der Waals surface area contributed by atoms with Gasteiger partial charge in [-0.3, -0.25) is 4.79 Å². The number of para-hydroxylation sites is 1. The van der Waals surface area contributed by atoms with Crippen molar-refractivity contribution in [3.05, 3.63) is 52.3 Å². The molecule has 4 nitrogen and oxygen atoms in total. The maximum atomic E-state index is 13.7. The Morgan fingerprint density at radius 1 is 1.38 bits per heavy atom. The number of ether oxygens (including phenoxy) is 1. The van der Waals surface area contributed by atoms with E-state index >= 15 is 0 Å². The summed E-state index contributed by atoms with van der Waals surface area (Å²) in [5, 5.41) is 2.51. The highest BCUT2D eigenvalue weighted by molar-refractivity contribution is 9.10. The van der Waals surface area contributed by atoms with Crippen LogP contribution >= 0.6 is 15.9 Å². The lowest BCUT2D eigenvalue weighted by Crippen LogP contribution is -2.15. The number of amides is 1. The number of benzene rings is 2. The quantitative estimate of drug-likeness (QED) is 0.822. The molecule has 1 amide bonds. The first-order valence-electron chi connectivity index (χ1n) is 6.30. The molecular weight excluding hydrogens is 339 g/mol. The molecule has 2 rings (SSSR count). The van der Waals surface area contributed by atoms with E-state index in [-0.39, 0.29) is 11.3 Å². The van der Waals surface area contributed by atoms with Crippen LogP contribution in [-0.4, -0.2) is 12.5 Å². The Kier molecular flexibility index (Phi) is 4.80. The van der Waals surface area contributed by atoms with Gasteiger partial charge in [0.05, 0.1) is 23.5 Å². The summed E-state index contributed by atoms with van der Waals surface area (Å²) in [5.41, 5.74) is 6.51. The van der Waals surface area contributed by atoms with Crippen molar-refractivity contribution in [2.45, 2.75) is 6.92 Å². The molecule has 0 saturated heterocycles. The van der Waals surface area contributed by atoms with Gasteiger partial charge in [0.25, 0.3) is 5.91 Å². The predicted molar refractivity (Wildman–Crippen MR) is 84.1 cm³/mol. The van der Waals surface area contributed by atoms with Gasteiger partial charge in [-0.1, -0.05) is 22.0 Å². The highest BCUT2D eigenvalue weighted by Gasteiger charge is 2.16. The topological polar surface area (TPSA) is 64.3 Å². The largest absolute Gasteiger partial charge is 0.491 e. The van der Waals surface area contributed by atoms with Crippen molar-refractivity contribution in [3.63, 3.8) is 0 Å². The number of anilines is 2. The minimum Gasteiger partial charge on any atom is -0.491 e. The van der Waals surface area contributed by atoms with Gasteiger partial charge in [0.15, 0.2) is 5.75 Å². The molecule has 0 aliphatic carbocycles. The van der Waals surface area contributed by atoms with Gasteiger partial charge < -0.3 is 15.8 Å². The molecule has 0 bridgehead atoms. The van der Waals surface area contributed by atoms with E-state index in [1.807, 2.05) is 0 Å². The molecule has 0 saturated carbocycles. The molecule has 0 atom stereocenters. The number of hydrogen-bond donors (Lipinski definition) is 2. The van der Waals surface area contributed by atoms with Gasteiger partial charge in [-0.05, 0) is 37.3 Å². The lowest BCUT2D eigenvalue weighted by molar-refractivity contribution is 0.102. The predicted octanol–water partition coefficient (Wildman–Crippen LogP) is 3.82. The van der Waals surface area contributed by atoms with Gasteiger partial charge in [-0.2, -0.15) is 0 Å². The van der Waals surface area contributed by atoms with Gasteiger partial charge in [0.1, 0.15) is 5.82 Å². The monoisotopic (exact) mass is 352 g/mol. The summed E-state index contributed by atoms with van der Waals surface area (Å²) >= 11 is 3.23. The second kappa shape index (κ2) is 6.58. The normalized spacial score (nSPS) is 10.2. The molecule has 0 heterocycles. The highest BCUT2D eigenvalue weighted by Crippen LogP contribution is 2.28. The second-order valence-corrected chi connectivity index (χ2v) is 5.15. The maximum absolute atomic E-state index is 13.7. The van der Waals surface area contributed by atoms with Crippen LogP contribution in [0.3, 0.4) is 0 Å². The van der Waals surface area contributed by atoms with E-state index in [0.29, 0.717) is 22.5 Å². The Hall–Kier alpha value is -2.08. The fourth-order valence-electron chi connectivity index (χ4n) is 1.82. The SMILES string of the molecule is CCOc1c(N)cccc1C(=O)Nc1cc(Br)ccc1F. The van der Waals surface area contributed by atoms with Crippen molar-refractivity contribution in [2.24, 2.45) is 0 Å². The minimum atomic E-state index is -0.520. The molecule has 21 heavy (non-hydrogen) atoms. The molecule has 6 heteroatoms. The minimum absolute atomic E-state index is 0.0826. The van der Waals surface area contributed by atoms with Crippen LogP contribution in [0, 0.1) is 5.82 Å². The van der Waals surface area contributed by atoms with Gasteiger partial charge in [0.2, 0.25) is 0 Å². The number of halogens is 2. The smallest absolute Gasteiger partial charge is 0.259 e. The van der Waals surface area contributed by atoms with Gasteiger partial charge >= 0.3 is 0 Å². The van der Waals surface area contributed by atoms with Crippen LogP contribution in [0.5, 0.6) is 5.75 Å². The Labute approximate surface area is 130 Å². The summed E-state index contributed by atoms with van der Waals surface area (Å²) in [5.74, 6) is -0.705. The molecule has 0 aliphatic rings. The fraction of sp³-hybridized carbons (Fsp3) is 0.133. The third kappa shape index (κ3) is 3.52. The number of nitrogens with one attached hydrogen (secondary N) is 1. The van der Waals surface area contributed by atoms with E-state index in [1.54, 1.807) is 31.2 Å². The van der Waals surface area contributed by atoms with E-state index in [1.165, 1.54) is 12.1 Å². The summed E-state index contributed by atoms with van der Waals surface area (Å²) in [4.78, 5) is 12.3. The zero-order chi connectivity index (χ0) is 15.4. The number of carbonyl (C=O) groups is 1. The summed E-state index contributed by atoms with van der Waals surface area (Å²) in [7, 11) is 0. The van der Waals surface area contributed by atoms with E-state index < -0.39 is 11.7 Å². The van der Waals surface area contributed by atoms with Gasteiger partial charge in [-0.15, -0.1) is 0 Å². The van der Waals surface area contributed by atoms with Crippen LogP contribution in [0.4, 0.5) is 15.8 Å². The molecule has 0 aliphatic heterocycles. The van der Waals surface area contributed by atoms with Crippen LogP contribution in [0.1, 0.15) is 17.3 Å². The van der Waals surface area contributed by atoms with Crippen LogP contribution in [0.2, 0.25) is 0 Å². The first kappa shape index (κ1) is 15.3. The molecular formula is C15H14BrFN2O2. The zero-order valence-electron chi connectivity index (χ0n) is 11.3. The summed E-state index contributed by atoms with van der Waals surface area (Å²) in [6.45, 7) is 2.17. The lowest BCUT2D eigenvalue weighted by Gasteiger charge is -2.13. The Balaban J connectivity index is 2.32. The van der Waals surface area contributed by atoms with Crippen molar-refractivity contribution in [3.8, 4) is 5.75 Å². The average Bonchev–Trinajstić information content (AvgIpc) is 2.45. The number of hydrogen-bond acceptors (Lipinski definition) is 3. The third-order valence-electron chi connectivity index (χ3n) is 2.76. The number of rotatable bonds is 4. The number of carbonyl (C=O) groups excluding carboxylic acids is 1. The van der Waals surface area contributed by atoms with Crippen LogP contribution in [-0.2, 0) is 0 Å². The van der Waals surface area contributed by atoms with E-state index in [0.717, 1.165) is 0 Å². The van der Waals surface area contributed by atoms with Crippen LogP contribution < -0.4 is 15.8 Å². The standard InChI is InChI=1S/C15H14BrFN2O2/c1-2-21-14-10(4-3-5-12(14)18)15(20)19-13-8-9(16)6-7-11(13)17/h3-8H,2,18H2,1H3,(H,19,20). The first-order valence-corrected chi connectivity index (χ1v) is 7.10. The van der Waals surface area contributed by atoms with Crippen LogP contribution in [0.15, 0.2) is 40.9 Å². The number of nitrogens with two attached hydrogens (primary N) is 1. The molecule has 3 N–H and O–H groups in total. The molecule has 2 aromatic rings. The Morgan fingerprint density at radius 3 is 2.86 bits per heavy atom. The van der Waals surface area contributed by atoms with Gasteiger partial charge in [-0.25, -0.2) is 4.39 Å². The molecule has 0 unspecified atom stereocenters. The Bertz CT molecular complexity index is 677. The van der Waals surface area contributed by atoms with Crippen LogP contribution in [0.25, 0.3) is 0 Å². The molecule has 0 fully saturated rings. The van der Waals surface area contributed by atoms with E-state index in [2.05, 4.69) is 21.2 Å². The molecule has 110 valence electrons. The maximum Gasteiger partial charge on any atom is 0.259 e. The lowest BCUT2D eigenvalue weighted by atomic mass is 10.1. The van der Waals surface area contributed by atoms with Crippen molar-refractivity contribution >= 4 is 33.2 Å². The Morgan fingerprint density at radius 2 is 2.14 bits per heavy atom. The first-order chi connectivity index (χ1) is 10.0. The summed E-state index contributed by atoms with van der Waals surface area (Å²) in [6, 6.07) is 9.16. The molecule has 0 radical (unpaired) electrons. The summed E-state index contributed by atoms with van der Waals surface area (Å²) in [6.07, 6.45) is 0. The second-order valence-electron chi connectivity index (χ2n) is 4.24. The van der Waals surface area contributed by atoms with Crippen molar-refractivity contribution < 1.29 is 13.9 Å². The zero-order valence-corrected chi connectivity index (χ0v) is 12.9. The van der Waals surface area contributed by atoms with E-state index in [9.17, 15) is 9.18 Å². The molecule has 0 aromatic heterocycles. The van der Waals surface area contributed by atoms with Crippen molar-refractivity contribution in [2.75, 3.05) is 17.7 Å². The van der Waals surface area contributed by atoms with Crippen molar-refractivity contribution in [1.29, 1.82) is 0 Å². The third-order valence-corrected chi connectivity index (χ3v) is 3.25. The fourth-order valence-corrected chi connectivity index (χ4v) is 2.18. The highest BCUT2D eigenvalue weighted by atomic mass is 79.9. The molecule has 2 aromatic carbocycles. The molecule has 0 spiro atoms. The summed E-state index contributed by atoms with van der Waals surface area (Å²) < 4.78 is 19.7. The van der Waals surface area contributed by atoms with Gasteiger partial charge in [0, 0.05) is 4.47 Å². The van der Waals surface area contributed by atoms with E-state index in [4.69, 9.17) is 10.5 Å².